The minimum atomic E-state index is -0.268. The van der Waals surface area contributed by atoms with Gasteiger partial charge in [-0.25, -0.2) is 4.98 Å². The molecule has 4 heterocycles. The van der Waals surface area contributed by atoms with Crippen molar-refractivity contribution in [1.29, 1.82) is 0 Å². The van der Waals surface area contributed by atoms with E-state index in [1.165, 1.54) is 37.8 Å². The van der Waals surface area contributed by atoms with Gasteiger partial charge in [0.2, 0.25) is 5.95 Å². The second-order valence-corrected chi connectivity index (χ2v) is 11.8. The molecule has 1 aromatic carbocycles. The molecule has 0 radical (unpaired) electrons. The Morgan fingerprint density at radius 3 is 2.65 bits per heavy atom. The fourth-order valence-electron chi connectivity index (χ4n) is 6.83. The number of fused-ring (bicyclic) bond motifs is 4. The predicted octanol–water partition coefficient (Wildman–Crippen LogP) is 3.52. The van der Waals surface area contributed by atoms with Gasteiger partial charge in [-0.3, -0.25) is 19.2 Å². The quantitative estimate of drug-likeness (QED) is 0.499. The van der Waals surface area contributed by atoms with E-state index < -0.39 is 0 Å². The zero-order valence-corrected chi connectivity index (χ0v) is 21.6. The summed E-state index contributed by atoms with van der Waals surface area (Å²) < 4.78 is 1.93. The first kappa shape index (κ1) is 23.6. The molecular formula is C29H38N6O2. The summed E-state index contributed by atoms with van der Waals surface area (Å²) >= 11 is 0. The first-order chi connectivity index (χ1) is 18.1. The largest absolute Gasteiger partial charge is 0.393 e. The molecule has 2 saturated carbocycles. The number of nitrogens with zero attached hydrogens (tertiary/aromatic N) is 5. The number of anilines is 1. The number of aliphatic hydroxyl groups excluding tert-OH is 1. The van der Waals surface area contributed by atoms with E-state index in [0.717, 1.165) is 80.2 Å². The van der Waals surface area contributed by atoms with E-state index in [9.17, 15) is 9.90 Å². The molecular weight excluding hydrogens is 464 g/mol. The summed E-state index contributed by atoms with van der Waals surface area (Å²) in [5, 5.41) is 16.1. The first-order valence-electron chi connectivity index (χ1n) is 14.3. The van der Waals surface area contributed by atoms with Crippen LogP contribution in [0.15, 0.2) is 29.2 Å². The maximum atomic E-state index is 14.1. The molecule has 7 rings (SSSR count). The summed E-state index contributed by atoms with van der Waals surface area (Å²) in [4.78, 5) is 28.8. The van der Waals surface area contributed by atoms with Gasteiger partial charge < -0.3 is 10.4 Å². The Balaban J connectivity index is 1.27. The molecule has 37 heavy (non-hydrogen) atoms. The molecule has 2 aliphatic heterocycles. The maximum Gasteiger partial charge on any atom is 0.260 e. The van der Waals surface area contributed by atoms with E-state index in [1.54, 1.807) is 0 Å². The standard InChI is InChI=1S/C29H38N6O2/c36-23-8-6-21(7-9-23)35-27-26(16-31-29(32-27)30-15-19-3-4-19)24-10-5-20(14-25(24)28(35)37)17-33-12-13-34-11-1-2-22(34)18-33/h5,10,14,16,19,21-23,36H,1-4,6-9,11-13,15,17-18H2,(H,30,31,32)/t21?,22-,23?/m0/s1. The second kappa shape index (κ2) is 9.64. The fourth-order valence-corrected chi connectivity index (χ4v) is 6.83. The number of aromatic nitrogens is 3. The molecule has 4 aliphatic rings. The lowest BCUT2D eigenvalue weighted by Gasteiger charge is -2.37. The van der Waals surface area contributed by atoms with Crippen LogP contribution in [0.2, 0.25) is 0 Å². The highest BCUT2D eigenvalue weighted by atomic mass is 16.3. The van der Waals surface area contributed by atoms with Crippen molar-refractivity contribution in [2.24, 2.45) is 5.92 Å². The number of hydrogen-bond acceptors (Lipinski definition) is 7. The van der Waals surface area contributed by atoms with Gasteiger partial charge in [0, 0.05) is 61.8 Å². The molecule has 2 aromatic heterocycles. The van der Waals surface area contributed by atoms with Crippen molar-refractivity contribution in [1.82, 2.24) is 24.3 Å². The zero-order chi connectivity index (χ0) is 24.9. The van der Waals surface area contributed by atoms with Gasteiger partial charge in [0.1, 0.15) is 5.65 Å². The van der Waals surface area contributed by atoms with E-state index in [1.807, 2.05) is 10.8 Å². The average Bonchev–Trinajstić information content (AvgIpc) is 3.63. The van der Waals surface area contributed by atoms with Crippen molar-refractivity contribution < 1.29 is 5.11 Å². The Bertz CT molecular complexity index is 1360. The number of rotatable bonds is 6. The molecule has 0 bridgehead atoms. The third-order valence-electron chi connectivity index (χ3n) is 9.17. The van der Waals surface area contributed by atoms with E-state index in [-0.39, 0.29) is 17.7 Å². The Morgan fingerprint density at radius 2 is 1.81 bits per heavy atom. The van der Waals surface area contributed by atoms with Crippen molar-refractivity contribution in [3.8, 4) is 0 Å². The lowest BCUT2D eigenvalue weighted by Crippen LogP contribution is -2.49. The molecule has 0 unspecified atom stereocenters. The van der Waals surface area contributed by atoms with Crippen molar-refractivity contribution in [2.45, 2.75) is 76.1 Å². The molecule has 0 spiro atoms. The van der Waals surface area contributed by atoms with Gasteiger partial charge in [0.15, 0.2) is 0 Å². The van der Waals surface area contributed by atoms with Crippen molar-refractivity contribution in [2.75, 3.05) is 38.0 Å². The van der Waals surface area contributed by atoms with Crippen LogP contribution in [0.1, 0.15) is 63.0 Å². The highest BCUT2D eigenvalue weighted by molar-refractivity contribution is 6.04. The molecule has 1 atom stereocenters. The molecule has 2 N–H and O–H groups in total. The lowest BCUT2D eigenvalue weighted by molar-refractivity contribution is 0.0994. The molecule has 196 valence electrons. The highest BCUT2D eigenvalue weighted by Gasteiger charge is 2.31. The topological polar surface area (TPSA) is 86.5 Å². The molecule has 8 heteroatoms. The Hall–Kier alpha value is -2.55. The van der Waals surface area contributed by atoms with E-state index in [4.69, 9.17) is 4.98 Å². The monoisotopic (exact) mass is 502 g/mol. The molecule has 2 saturated heterocycles. The minimum absolute atomic E-state index is 0.0400. The smallest absolute Gasteiger partial charge is 0.260 e. The van der Waals surface area contributed by atoms with E-state index >= 15 is 0 Å². The van der Waals surface area contributed by atoms with Crippen LogP contribution >= 0.6 is 0 Å². The minimum Gasteiger partial charge on any atom is -0.393 e. The number of aliphatic hydroxyl groups is 1. The van der Waals surface area contributed by atoms with Gasteiger partial charge in [-0.2, -0.15) is 4.98 Å². The van der Waals surface area contributed by atoms with Crippen LogP contribution in [0.5, 0.6) is 0 Å². The second-order valence-electron chi connectivity index (χ2n) is 11.8. The van der Waals surface area contributed by atoms with Crippen LogP contribution < -0.4 is 10.9 Å². The molecule has 2 aliphatic carbocycles. The summed E-state index contributed by atoms with van der Waals surface area (Å²) in [5.74, 6) is 1.32. The average molecular weight is 503 g/mol. The summed E-state index contributed by atoms with van der Waals surface area (Å²) in [6, 6.07) is 7.15. The zero-order valence-electron chi connectivity index (χ0n) is 21.6. The van der Waals surface area contributed by atoms with Crippen LogP contribution in [0.25, 0.3) is 21.8 Å². The SMILES string of the molecule is O=c1c2cc(CN3CCN4CCC[C@H]4C3)ccc2c2cnc(NCC3CC3)nc2n1C1CCC(O)CC1. The van der Waals surface area contributed by atoms with E-state index in [2.05, 4.69) is 38.3 Å². The van der Waals surface area contributed by atoms with E-state index in [0.29, 0.717) is 17.9 Å². The van der Waals surface area contributed by atoms with Crippen LogP contribution in [0, 0.1) is 5.92 Å². The number of benzene rings is 1. The van der Waals surface area contributed by atoms with Gasteiger partial charge in [-0.15, -0.1) is 0 Å². The lowest BCUT2D eigenvalue weighted by atomic mass is 9.92. The molecule has 4 fully saturated rings. The summed E-state index contributed by atoms with van der Waals surface area (Å²) in [5.41, 5.74) is 1.96. The predicted molar refractivity (Wildman–Crippen MR) is 146 cm³/mol. The Morgan fingerprint density at radius 1 is 0.946 bits per heavy atom. The van der Waals surface area contributed by atoms with Crippen molar-refractivity contribution in [3.05, 3.63) is 40.3 Å². The Kier molecular flexibility index (Phi) is 6.14. The van der Waals surface area contributed by atoms with Crippen molar-refractivity contribution >= 4 is 27.8 Å². The van der Waals surface area contributed by atoms with Gasteiger partial charge in [0.25, 0.3) is 5.56 Å². The molecule has 0 amide bonds. The number of nitrogens with one attached hydrogen (secondary N) is 1. The number of pyridine rings is 1. The third kappa shape index (κ3) is 4.64. The highest BCUT2D eigenvalue weighted by Crippen LogP contribution is 2.33. The van der Waals surface area contributed by atoms with Crippen LogP contribution in [-0.2, 0) is 6.54 Å². The van der Waals surface area contributed by atoms with Gasteiger partial charge in [-0.1, -0.05) is 12.1 Å². The van der Waals surface area contributed by atoms with Crippen LogP contribution in [0.4, 0.5) is 5.95 Å². The summed E-state index contributed by atoms with van der Waals surface area (Å²) in [7, 11) is 0. The van der Waals surface area contributed by atoms with Crippen LogP contribution in [0.3, 0.4) is 0 Å². The molecule has 3 aromatic rings. The van der Waals surface area contributed by atoms with Gasteiger partial charge in [0.05, 0.1) is 6.10 Å². The summed E-state index contributed by atoms with van der Waals surface area (Å²) in [6.07, 6.45) is 9.81. The first-order valence-corrected chi connectivity index (χ1v) is 14.3. The molecule has 8 nitrogen and oxygen atoms in total. The van der Waals surface area contributed by atoms with Gasteiger partial charge in [-0.05, 0) is 80.8 Å². The normalized spacial score (nSPS) is 27.1. The maximum absolute atomic E-state index is 14.1. The Labute approximate surface area is 217 Å². The fraction of sp³-hybridized carbons (Fsp3) is 0.621. The third-order valence-corrected chi connectivity index (χ3v) is 9.17. The summed E-state index contributed by atoms with van der Waals surface area (Å²) in [6.45, 7) is 6.38. The number of piperazine rings is 1. The van der Waals surface area contributed by atoms with Gasteiger partial charge >= 0.3 is 0 Å². The van der Waals surface area contributed by atoms with Crippen molar-refractivity contribution in [3.63, 3.8) is 0 Å². The van der Waals surface area contributed by atoms with Crippen LogP contribution in [-0.4, -0.2) is 74.3 Å². The number of hydrogen-bond donors (Lipinski definition) is 2.